The molecule has 0 saturated heterocycles. The zero-order valence-electron chi connectivity index (χ0n) is 14.4. The van der Waals surface area contributed by atoms with Gasteiger partial charge in [0.25, 0.3) is 0 Å². The summed E-state index contributed by atoms with van der Waals surface area (Å²) in [5, 5.41) is 17.9. The molecule has 0 radical (unpaired) electrons. The Morgan fingerprint density at radius 3 is 2.58 bits per heavy atom. The van der Waals surface area contributed by atoms with Crippen LogP contribution in [0.5, 0.6) is 0 Å². The summed E-state index contributed by atoms with van der Waals surface area (Å²) in [6.45, 7) is 2.75. The van der Waals surface area contributed by atoms with Gasteiger partial charge in [-0.3, -0.25) is 0 Å². The van der Waals surface area contributed by atoms with Gasteiger partial charge in [0.05, 0.1) is 13.2 Å². The predicted molar refractivity (Wildman–Crippen MR) is 92.3 cm³/mol. The van der Waals surface area contributed by atoms with Gasteiger partial charge < -0.3 is 14.9 Å². The van der Waals surface area contributed by atoms with Gasteiger partial charge in [0, 0.05) is 17.9 Å². The molecule has 1 atom stereocenters. The Morgan fingerprint density at radius 1 is 1.21 bits per heavy atom. The SMILES string of the molecule is CCc1nc(CNC(c2ccccc2)C2(CO)CCCCC2)no1. The van der Waals surface area contributed by atoms with Crippen LogP contribution < -0.4 is 5.32 Å². The molecule has 0 bridgehead atoms. The lowest BCUT2D eigenvalue weighted by Crippen LogP contribution is -2.42. The Morgan fingerprint density at radius 2 is 1.96 bits per heavy atom. The van der Waals surface area contributed by atoms with Gasteiger partial charge >= 0.3 is 0 Å². The van der Waals surface area contributed by atoms with Crippen molar-refractivity contribution in [3.05, 3.63) is 47.6 Å². The molecule has 3 rings (SSSR count). The summed E-state index contributed by atoms with van der Waals surface area (Å²) in [5.41, 5.74) is 1.10. The van der Waals surface area contributed by atoms with Gasteiger partial charge in [-0.1, -0.05) is 61.7 Å². The van der Waals surface area contributed by atoms with Crippen molar-refractivity contribution in [3.63, 3.8) is 0 Å². The van der Waals surface area contributed by atoms with E-state index in [0.29, 0.717) is 18.3 Å². The van der Waals surface area contributed by atoms with Crippen molar-refractivity contribution in [1.29, 1.82) is 0 Å². The quantitative estimate of drug-likeness (QED) is 0.814. The van der Waals surface area contributed by atoms with Crippen molar-refractivity contribution in [3.8, 4) is 0 Å². The van der Waals surface area contributed by atoms with Crippen LogP contribution in [0.2, 0.25) is 0 Å². The monoisotopic (exact) mass is 329 g/mol. The smallest absolute Gasteiger partial charge is 0.226 e. The molecule has 24 heavy (non-hydrogen) atoms. The number of rotatable bonds is 7. The Kier molecular flexibility index (Phi) is 5.63. The molecule has 1 aliphatic carbocycles. The Labute approximate surface area is 143 Å². The van der Waals surface area contributed by atoms with Gasteiger partial charge in [-0.2, -0.15) is 4.98 Å². The van der Waals surface area contributed by atoms with Crippen LogP contribution in [0.15, 0.2) is 34.9 Å². The number of nitrogens with zero attached hydrogens (tertiary/aromatic N) is 2. The van der Waals surface area contributed by atoms with E-state index < -0.39 is 0 Å². The third-order valence-electron chi connectivity index (χ3n) is 5.19. The molecule has 130 valence electrons. The maximum atomic E-state index is 10.2. The van der Waals surface area contributed by atoms with Crippen LogP contribution in [-0.2, 0) is 13.0 Å². The number of benzene rings is 1. The molecular weight excluding hydrogens is 302 g/mol. The minimum absolute atomic E-state index is 0.0903. The third-order valence-corrected chi connectivity index (χ3v) is 5.19. The third kappa shape index (κ3) is 3.68. The molecule has 0 spiro atoms. The molecule has 1 unspecified atom stereocenters. The first-order chi connectivity index (χ1) is 11.8. The van der Waals surface area contributed by atoms with E-state index in [-0.39, 0.29) is 18.1 Å². The minimum Gasteiger partial charge on any atom is -0.396 e. The predicted octanol–water partition coefficient (Wildman–Crippen LogP) is 3.41. The second-order valence-electron chi connectivity index (χ2n) is 6.76. The van der Waals surface area contributed by atoms with Gasteiger partial charge in [-0.15, -0.1) is 0 Å². The molecule has 1 aliphatic rings. The maximum Gasteiger partial charge on any atom is 0.226 e. The van der Waals surface area contributed by atoms with Crippen LogP contribution in [-0.4, -0.2) is 21.9 Å². The van der Waals surface area contributed by atoms with E-state index in [1.165, 1.54) is 24.8 Å². The van der Waals surface area contributed by atoms with Crippen LogP contribution in [0.1, 0.15) is 62.3 Å². The molecule has 1 aromatic heterocycles. The van der Waals surface area contributed by atoms with Crippen LogP contribution in [0.4, 0.5) is 0 Å². The van der Waals surface area contributed by atoms with Crippen molar-refractivity contribution in [2.24, 2.45) is 5.41 Å². The molecule has 1 saturated carbocycles. The molecule has 2 aromatic rings. The molecule has 1 aromatic carbocycles. The average Bonchev–Trinajstić information content (AvgIpc) is 3.11. The second kappa shape index (κ2) is 7.90. The van der Waals surface area contributed by atoms with Gasteiger partial charge in [-0.25, -0.2) is 0 Å². The summed E-state index contributed by atoms with van der Waals surface area (Å²) < 4.78 is 5.20. The number of aliphatic hydroxyl groups is 1. The van der Waals surface area contributed by atoms with E-state index in [0.717, 1.165) is 19.3 Å². The molecule has 5 nitrogen and oxygen atoms in total. The summed E-state index contributed by atoms with van der Waals surface area (Å²) in [6, 6.07) is 10.5. The fraction of sp³-hybridized carbons (Fsp3) is 0.579. The van der Waals surface area contributed by atoms with E-state index in [2.05, 4.69) is 39.7 Å². The van der Waals surface area contributed by atoms with Crippen molar-refractivity contribution in [1.82, 2.24) is 15.5 Å². The Bertz CT molecular complexity index is 621. The van der Waals surface area contributed by atoms with Gasteiger partial charge in [0.1, 0.15) is 0 Å². The standard InChI is InChI=1S/C19H27N3O2/c1-2-17-21-16(22-24-17)13-20-18(15-9-5-3-6-10-15)19(14-23)11-7-4-8-12-19/h3,5-6,9-10,18,20,23H,2,4,7-8,11-14H2,1H3. The number of hydrogen-bond acceptors (Lipinski definition) is 5. The molecule has 1 fully saturated rings. The lowest BCUT2D eigenvalue weighted by molar-refractivity contribution is 0.0407. The van der Waals surface area contributed by atoms with Crippen LogP contribution in [0.3, 0.4) is 0 Å². The first-order valence-corrected chi connectivity index (χ1v) is 8.98. The largest absolute Gasteiger partial charge is 0.396 e. The Hall–Kier alpha value is -1.72. The first-order valence-electron chi connectivity index (χ1n) is 8.98. The molecule has 0 aliphatic heterocycles. The van der Waals surface area contributed by atoms with Gasteiger partial charge in [0.2, 0.25) is 5.89 Å². The van der Waals surface area contributed by atoms with E-state index in [9.17, 15) is 5.11 Å². The highest BCUT2D eigenvalue weighted by molar-refractivity contribution is 5.22. The zero-order chi connectivity index (χ0) is 16.8. The van der Waals surface area contributed by atoms with Crippen LogP contribution in [0, 0.1) is 5.41 Å². The topological polar surface area (TPSA) is 71.2 Å². The number of hydrogen-bond donors (Lipinski definition) is 2. The zero-order valence-corrected chi connectivity index (χ0v) is 14.4. The summed E-state index contributed by atoms with van der Waals surface area (Å²) in [6.07, 6.45) is 6.44. The number of aryl methyl sites for hydroxylation is 1. The summed E-state index contributed by atoms with van der Waals surface area (Å²) in [4.78, 5) is 4.39. The average molecular weight is 329 g/mol. The van der Waals surface area contributed by atoms with Gasteiger partial charge in [-0.05, 0) is 18.4 Å². The van der Waals surface area contributed by atoms with Crippen LogP contribution in [0.25, 0.3) is 0 Å². The van der Waals surface area contributed by atoms with E-state index in [4.69, 9.17) is 4.52 Å². The lowest BCUT2D eigenvalue weighted by atomic mass is 9.67. The molecule has 0 amide bonds. The summed E-state index contributed by atoms with van der Waals surface area (Å²) in [7, 11) is 0. The number of aliphatic hydroxyl groups excluding tert-OH is 1. The summed E-state index contributed by atoms with van der Waals surface area (Å²) >= 11 is 0. The molecular formula is C19H27N3O2. The molecule has 2 N–H and O–H groups in total. The van der Waals surface area contributed by atoms with Crippen molar-refractivity contribution < 1.29 is 9.63 Å². The Balaban J connectivity index is 1.81. The summed E-state index contributed by atoms with van der Waals surface area (Å²) in [5.74, 6) is 1.34. The molecule has 1 heterocycles. The fourth-order valence-electron chi connectivity index (χ4n) is 3.83. The van der Waals surface area contributed by atoms with Crippen molar-refractivity contribution in [2.75, 3.05) is 6.61 Å². The number of nitrogens with one attached hydrogen (secondary N) is 1. The normalized spacial score (nSPS) is 18.4. The highest BCUT2D eigenvalue weighted by atomic mass is 16.5. The highest BCUT2D eigenvalue weighted by Crippen LogP contribution is 2.45. The van der Waals surface area contributed by atoms with E-state index >= 15 is 0 Å². The van der Waals surface area contributed by atoms with Crippen molar-refractivity contribution in [2.45, 2.75) is 58.0 Å². The molecule has 5 heteroatoms. The lowest BCUT2D eigenvalue weighted by Gasteiger charge is -2.43. The minimum atomic E-state index is -0.114. The maximum absolute atomic E-state index is 10.2. The van der Waals surface area contributed by atoms with Gasteiger partial charge in [0.15, 0.2) is 5.82 Å². The highest BCUT2D eigenvalue weighted by Gasteiger charge is 2.40. The van der Waals surface area contributed by atoms with Crippen LogP contribution >= 0.6 is 0 Å². The van der Waals surface area contributed by atoms with E-state index in [1.807, 2.05) is 13.0 Å². The number of aromatic nitrogens is 2. The first kappa shape index (κ1) is 17.1. The van der Waals surface area contributed by atoms with E-state index in [1.54, 1.807) is 0 Å². The second-order valence-corrected chi connectivity index (χ2v) is 6.76. The fourth-order valence-corrected chi connectivity index (χ4v) is 3.83. The van der Waals surface area contributed by atoms with Crippen molar-refractivity contribution >= 4 is 0 Å².